The molecule has 0 unspecified atom stereocenters. The largest absolute Gasteiger partial charge is 0.454 e. The number of nitrogens with zero attached hydrogens (tertiary/aromatic N) is 4. The lowest BCUT2D eigenvalue weighted by Gasteiger charge is -2.05. The molecule has 3 aromatic heterocycles. The van der Waals surface area contributed by atoms with Crippen LogP contribution in [0.25, 0.3) is 5.65 Å². The first-order valence-corrected chi connectivity index (χ1v) is 7.83. The lowest BCUT2D eigenvalue weighted by atomic mass is 10.4. The fourth-order valence-electron chi connectivity index (χ4n) is 2.23. The van der Waals surface area contributed by atoms with Crippen molar-refractivity contribution in [2.75, 3.05) is 0 Å². The van der Waals surface area contributed by atoms with Gasteiger partial charge in [-0.05, 0) is 24.6 Å². The molecule has 0 saturated carbocycles. The number of ether oxygens (including phenoxy) is 1. The molecule has 3 rings (SSSR count). The molecule has 0 aliphatic carbocycles. The Kier molecular flexibility index (Phi) is 4.61. The van der Waals surface area contributed by atoms with E-state index in [0.717, 1.165) is 6.42 Å². The van der Waals surface area contributed by atoms with E-state index in [9.17, 15) is 9.59 Å². The molecule has 0 aliphatic rings. The first-order chi connectivity index (χ1) is 11.6. The van der Waals surface area contributed by atoms with E-state index in [4.69, 9.17) is 16.3 Å². The molecule has 0 saturated heterocycles. The quantitative estimate of drug-likeness (QED) is 0.662. The zero-order valence-corrected chi connectivity index (χ0v) is 13.7. The van der Waals surface area contributed by atoms with Crippen molar-refractivity contribution in [2.45, 2.75) is 26.5 Å². The van der Waals surface area contributed by atoms with Crippen molar-refractivity contribution in [3.8, 4) is 0 Å². The van der Waals surface area contributed by atoms with Gasteiger partial charge in [0.05, 0.1) is 10.7 Å². The molecule has 3 aromatic rings. The summed E-state index contributed by atoms with van der Waals surface area (Å²) in [6.07, 6.45) is 4.20. The van der Waals surface area contributed by atoms with Crippen molar-refractivity contribution in [3.05, 3.63) is 63.4 Å². The minimum absolute atomic E-state index is 0.00666. The van der Waals surface area contributed by atoms with E-state index in [1.165, 1.54) is 16.8 Å². The Morgan fingerprint density at radius 1 is 1.25 bits per heavy atom. The molecule has 7 nitrogen and oxygen atoms in total. The zero-order valence-electron chi connectivity index (χ0n) is 13.0. The van der Waals surface area contributed by atoms with E-state index in [1.54, 1.807) is 28.9 Å². The van der Waals surface area contributed by atoms with E-state index in [1.807, 2.05) is 6.92 Å². The lowest BCUT2D eigenvalue weighted by Crippen LogP contribution is -2.24. The standard InChI is InChI=1S/C16H15ClN4O3/c1-2-7-21-15(22)6-4-13(19-21)16(23)24-10-12-9-20-8-11(17)3-5-14(20)18-12/h3-6,8-9H,2,7,10H2,1H3. The summed E-state index contributed by atoms with van der Waals surface area (Å²) in [4.78, 5) is 28.0. The number of aryl methyl sites for hydroxylation is 1. The SMILES string of the molecule is CCCn1nc(C(=O)OCc2cn3cc(Cl)ccc3n2)ccc1=O. The first-order valence-electron chi connectivity index (χ1n) is 7.45. The second kappa shape index (κ2) is 6.84. The fourth-order valence-corrected chi connectivity index (χ4v) is 2.40. The molecule has 124 valence electrons. The molecule has 24 heavy (non-hydrogen) atoms. The van der Waals surface area contributed by atoms with Crippen LogP contribution >= 0.6 is 11.6 Å². The number of carbonyl (C=O) groups excluding carboxylic acids is 1. The Morgan fingerprint density at radius 3 is 2.88 bits per heavy atom. The molecule has 0 aliphatic heterocycles. The van der Waals surface area contributed by atoms with Gasteiger partial charge < -0.3 is 9.14 Å². The number of halogens is 1. The number of pyridine rings is 1. The summed E-state index contributed by atoms with van der Waals surface area (Å²) in [7, 11) is 0. The third-order valence-corrected chi connectivity index (χ3v) is 3.55. The average molecular weight is 347 g/mol. The smallest absolute Gasteiger partial charge is 0.359 e. The second-order valence-corrected chi connectivity index (χ2v) is 5.64. The Balaban J connectivity index is 1.72. The number of hydrogen-bond donors (Lipinski definition) is 0. The minimum atomic E-state index is -0.602. The number of aromatic nitrogens is 4. The van der Waals surface area contributed by atoms with Crippen LogP contribution in [-0.2, 0) is 17.9 Å². The summed E-state index contributed by atoms with van der Waals surface area (Å²) < 4.78 is 8.23. The fraction of sp³-hybridized carbons (Fsp3) is 0.250. The number of carbonyl (C=O) groups is 1. The summed E-state index contributed by atoms with van der Waals surface area (Å²) in [6.45, 7) is 2.38. The van der Waals surface area contributed by atoms with Gasteiger partial charge in [0.2, 0.25) is 0 Å². The van der Waals surface area contributed by atoms with E-state index in [2.05, 4.69) is 10.1 Å². The maximum absolute atomic E-state index is 12.1. The molecule has 3 heterocycles. The van der Waals surface area contributed by atoms with E-state index in [0.29, 0.717) is 22.9 Å². The Labute approximate surface area is 142 Å². The molecule has 8 heteroatoms. The summed E-state index contributed by atoms with van der Waals surface area (Å²) in [6, 6.07) is 6.18. The van der Waals surface area contributed by atoms with Crippen molar-refractivity contribution < 1.29 is 9.53 Å². The predicted octanol–water partition coefficient (Wildman–Crippen LogP) is 2.31. The molecule has 0 bridgehead atoms. The summed E-state index contributed by atoms with van der Waals surface area (Å²) in [5, 5.41) is 4.60. The van der Waals surface area contributed by atoms with Crippen molar-refractivity contribution in [2.24, 2.45) is 0 Å². The Bertz CT molecular complexity index is 948. The topological polar surface area (TPSA) is 78.5 Å². The molecule has 0 spiro atoms. The molecule has 0 atom stereocenters. The highest BCUT2D eigenvalue weighted by Gasteiger charge is 2.12. The van der Waals surface area contributed by atoms with Gasteiger partial charge in [0.15, 0.2) is 5.69 Å². The molecular weight excluding hydrogens is 332 g/mol. The van der Waals surface area contributed by atoms with Gasteiger partial charge in [-0.1, -0.05) is 18.5 Å². The maximum atomic E-state index is 12.1. The van der Waals surface area contributed by atoms with Gasteiger partial charge in [0.25, 0.3) is 5.56 Å². The van der Waals surface area contributed by atoms with Crippen molar-refractivity contribution in [1.82, 2.24) is 19.2 Å². The van der Waals surface area contributed by atoms with Crippen LogP contribution in [0.2, 0.25) is 5.02 Å². The second-order valence-electron chi connectivity index (χ2n) is 5.20. The molecular formula is C16H15ClN4O3. The normalized spacial score (nSPS) is 10.9. The Hall–Kier alpha value is -2.67. The van der Waals surface area contributed by atoms with E-state index >= 15 is 0 Å². The average Bonchev–Trinajstić information content (AvgIpc) is 2.96. The van der Waals surface area contributed by atoms with Crippen LogP contribution in [0.3, 0.4) is 0 Å². The van der Waals surface area contributed by atoms with Crippen molar-refractivity contribution in [3.63, 3.8) is 0 Å². The highest BCUT2D eigenvalue weighted by atomic mass is 35.5. The number of esters is 1. The molecule has 0 fully saturated rings. The van der Waals surface area contributed by atoms with Gasteiger partial charge in [-0.3, -0.25) is 4.79 Å². The molecule has 0 N–H and O–H groups in total. The van der Waals surface area contributed by atoms with Crippen LogP contribution in [0.1, 0.15) is 29.5 Å². The first kappa shape index (κ1) is 16.2. The molecule has 0 radical (unpaired) electrons. The number of hydrogen-bond acceptors (Lipinski definition) is 5. The van der Waals surface area contributed by atoms with Crippen LogP contribution in [0.4, 0.5) is 0 Å². The van der Waals surface area contributed by atoms with Crippen LogP contribution in [0, 0.1) is 0 Å². The lowest BCUT2D eigenvalue weighted by molar-refractivity contribution is 0.0458. The molecule has 0 aromatic carbocycles. The third kappa shape index (κ3) is 3.46. The van der Waals surface area contributed by atoms with Crippen LogP contribution < -0.4 is 5.56 Å². The van der Waals surface area contributed by atoms with Gasteiger partial charge in [-0.2, -0.15) is 5.10 Å². The van der Waals surface area contributed by atoms with Crippen LogP contribution in [0.15, 0.2) is 41.5 Å². The molecule has 0 amide bonds. The minimum Gasteiger partial charge on any atom is -0.454 e. The van der Waals surface area contributed by atoms with Crippen LogP contribution in [0.5, 0.6) is 0 Å². The van der Waals surface area contributed by atoms with E-state index in [-0.39, 0.29) is 17.9 Å². The summed E-state index contributed by atoms with van der Waals surface area (Å²) in [5.74, 6) is -0.602. The van der Waals surface area contributed by atoms with Crippen molar-refractivity contribution >= 4 is 23.2 Å². The van der Waals surface area contributed by atoms with E-state index < -0.39 is 5.97 Å². The van der Waals surface area contributed by atoms with Crippen LogP contribution in [-0.4, -0.2) is 25.1 Å². The zero-order chi connectivity index (χ0) is 17.1. The Morgan fingerprint density at radius 2 is 2.08 bits per heavy atom. The highest BCUT2D eigenvalue weighted by molar-refractivity contribution is 6.30. The monoisotopic (exact) mass is 346 g/mol. The van der Waals surface area contributed by atoms with Gasteiger partial charge in [-0.15, -0.1) is 0 Å². The maximum Gasteiger partial charge on any atom is 0.359 e. The number of fused-ring (bicyclic) bond motifs is 1. The van der Waals surface area contributed by atoms with Gasteiger partial charge in [-0.25, -0.2) is 14.5 Å². The number of imidazole rings is 1. The predicted molar refractivity (Wildman–Crippen MR) is 88.1 cm³/mol. The number of rotatable bonds is 5. The van der Waals surface area contributed by atoms with Gasteiger partial charge >= 0.3 is 5.97 Å². The van der Waals surface area contributed by atoms with Gasteiger partial charge in [0, 0.05) is 25.0 Å². The van der Waals surface area contributed by atoms with Gasteiger partial charge in [0.1, 0.15) is 12.3 Å². The highest BCUT2D eigenvalue weighted by Crippen LogP contribution is 2.12. The third-order valence-electron chi connectivity index (χ3n) is 3.33. The van der Waals surface area contributed by atoms with Crippen molar-refractivity contribution in [1.29, 1.82) is 0 Å². The summed E-state index contributed by atoms with van der Waals surface area (Å²) >= 11 is 5.92. The summed E-state index contributed by atoms with van der Waals surface area (Å²) in [5.41, 5.74) is 1.15.